The molecule has 0 aromatic rings. The van der Waals surface area contributed by atoms with Gasteiger partial charge in [0.05, 0.1) is 6.61 Å². The fourth-order valence-corrected chi connectivity index (χ4v) is 0.169. The predicted octanol–water partition coefficient (Wildman–Crippen LogP) is 1.88. The van der Waals surface area contributed by atoms with E-state index in [1.165, 1.54) is 0 Å². The third-order valence-corrected chi connectivity index (χ3v) is 2.21. The second kappa shape index (κ2) is 3.69. The first-order valence-electron chi connectivity index (χ1n) is 1.80. The zero-order valence-electron chi connectivity index (χ0n) is 3.91. The summed E-state index contributed by atoms with van der Waals surface area (Å²) >= 11 is 7.43. The number of aliphatic hydroxyl groups excluding tert-OH is 1. The van der Waals surface area contributed by atoms with Crippen molar-refractivity contribution in [2.24, 2.45) is 0 Å². The molecule has 0 aliphatic heterocycles. The first-order valence-corrected chi connectivity index (χ1v) is 3.25. The second-order valence-corrected chi connectivity index (χ2v) is 2.97. The van der Waals surface area contributed by atoms with Gasteiger partial charge in [0.2, 0.25) is 0 Å². The van der Waals surface area contributed by atoms with Gasteiger partial charge in [-0.15, -0.1) is 0 Å². The van der Waals surface area contributed by atoms with E-state index in [4.69, 9.17) is 16.7 Å². The van der Waals surface area contributed by atoms with E-state index in [1.807, 2.05) is 22.6 Å². The average Bonchev–Trinajstić information content (AvgIpc) is 1.65. The van der Waals surface area contributed by atoms with Gasteiger partial charge in [0, 0.05) is 8.61 Å². The van der Waals surface area contributed by atoms with Gasteiger partial charge in [-0.2, -0.15) is 0 Å². The van der Waals surface area contributed by atoms with Gasteiger partial charge >= 0.3 is 0 Å². The largest absolute Gasteiger partial charge is 0.391 e. The molecule has 3 heteroatoms. The van der Waals surface area contributed by atoms with Gasteiger partial charge in [-0.3, -0.25) is 0 Å². The topological polar surface area (TPSA) is 20.2 Å². The van der Waals surface area contributed by atoms with E-state index in [0.717, 1.165) is 3.58 Å². The van der Waals surface area contributed by atoms with Crippen molar-refractivity contribution in [3.63, 3.8) is 0 Å². The van der Waals surface area contributed by atoms with Crippen LogP contribution in [0.25, 0.3) is 0 Å². The highest BCUT2D eigenvalue weighted by molar-refractivity contribution is 14.1. The molecule has 0 spiro atoms. The Labute approximate surface area is 61.5 Å². The molecule has 0 rings (SSSR count). The van der Waals surface area contributed by atoms with E-state index in [-0.39, 0.29) is 6.61 Å². The summed E-state index contributed by atoms with van der Waals surface area (Å²) in [5, 5.41) is 9.02. The lowest BCUT2D eigenvalue weighted by atomic mass is 10.5. The molecule has 0 aliphatic carbocycles. The predicted molar refractivity (Wildman–Crippen MR) is 39.7 cm³/mol. The lowest BCUT2D eigenvalue weighted by Gasteiger charge is -1.89. The summed E-state index contributed by atoms with van der Waals surface area (Å²) in [5.41, 5.74) is 0. The highest BCUT2D eigenvalue weighted by Crippen LogP contribution is 2.13. The maximum Gasteiger partial charge on any atom is 0.0750 e. The Morgan fingerprint density at radius 3 is 2.29 bits per heavy atom. The number of hydrogen-bond donors (Lipinski definition) is 1. The second-order valence-electron chi connectivity index (χ2n) is 1.10. The standard InChI is InChI=1S/C4H6ClIO/c1-3(5)4(6)2-7/h7H,2H2,1H3/b4-3+. The zero-order valence-corrected chi connectivity index (χ0v) is 6.82. The van der Waals surface area contributed by atoms with Crippen LogP contribution in [-0.2, 0) is 0 Å². The smallest absolute Gasteiger partial charge is 0.0750 e. The minimum Gasteiger partial charge on any atom is -0.391 e. The molecule has 1 N–H and O–H groups in total. The molecule has 42 valence electrons. The molecule has 0 fully saturated rings. The van der Waals surface area contributed by atoms with Crippen LogP contribution in [0.5, 0.6) is 0 Å². The van der Waals surface area contributed by atoms with Crippen LogP contribution < -0.4 is 0 Å². The SMILES string of the molecule is C/C(Cl)=C(\I)CO. The van der Waals surface area contributed by atoms with Crippen molar-refractivity contribution < 1.29 is 5.11 Å². The molecular formula is C4H6ClIO. The number of halogens is 2. The molecule has 0 bridgehead atoms. The molecule has 0 unspecified atom stereocenters. The van der Waals surface area contributed by atoms with Gasteiger partial charge in [0.1, 0.15) is 0 Å². The van der Waals surface area contributed by atoms with Crippen LogP contribution >= 0.6 is 34.2 Å². The van der Waals surface area contributed by atoms with Crippen LogP contribution in [0.4, 0.5) is 0 Å². The molecule has 0 saturated carbocycles. The van der Waals surface area contributed by atoms with E-state index < -0.39 is 0 Å². The van der Waals surface area contributed by atoms with Crippen molar-refractivity contribution in [3.05, 3.63) is 8.61 Å². The van der Waals surface area contributed by atoms with E-state index in [0.29, 0.717) is 5.03 Å². The summed E-state index contributed by atoms with van der Waals surface area (Å²) in [6.45, 7) is 1.80. The molecule has 0 heterocycles. The monoisotopic (exact) mass is 232 g/mol. The average molecular weight is 232 g/mol. The summed E-state index contributed by atoms with van der Waals surface area (Å²) in [4.78, 5) is 0. The van der Waals surface area contributed by atoms with Crippen molar-refractivity contribution >= 4 is 34.2 Å². The maximum atomic E-state index is 8.36. The van der Waals surface area contributed by atoms with Crippen LogP contribution in [0.1, 0.15) is 6.92 Å². The number of rotatable bonds is 1. The summed E-state index contributed by atoms with van der Waals surface area (Å²) in [5.74, 6) is 0. The molecule has 7 heavy (non-hydrogen) atoms. The van der Waals surface area contributed by atoms with Crippen LogP contribution in [0.2, 0.25) is 0 Å². The van der Waals surface area contributed by atoms with E-state index in [2.05, 4.69) is 0 Å². The highest BCUT2D eigenvalue weighted by atomic mass is 127. The van der Waals surface area contributed by atoms with Crippen molar-refractivity contribution in [1.82, 2.24) is 0 Å². The van der Waals surface area contributed by atoms with Crippen molar-refractivity contribution in [1.29, 1.82) is 0 Å². The molecule has 0 aliphatic rings. The number of allylic oxidation sites excluding steroid dienone is 1. The van der Waals surface area contributed by atoms with Crippen molar-refractivity contribution in [2.75, 3.05) is 6.61 Å². The zero-order chi connectivity index (χ0) is 5.86. The third-order valence-electron chi connectivity index (χ3n) is 0.513. The summed E-state index contributed by atoms with van der Waals surface area (Å²) in [7, 11) is 0. The number of hydrogen-bond acceptors (Lipinski definition) is 1. The van der Waals surface area contributed by atoms with E-state index in [9.17, 15) is 0 Å². The van der Waals surface area contributed by atoms with Crippen molar-refractivity contribution in [3.8, 4) is 0 Å². The molecule has 0 saturated heterocycles. The molecule has 0 atom stereocenters. The maximum absolute atomic E-state index is 8.36. The van der Waals surface area contributed by atoms with Crippen LogP contribution in [0.3, 0.4) is 0 Å². The Morgan fingerprint density at radius 1 is 1.86 bits per heavy atom. The van der Waals surface area contributed by atoms with Gasteiger partial charge in [-0.05, 0) is 29.5 Å². The van der Waals surface area contributed by atoms with Gasteiger partial charge in [-0.1, -0.05) is 11.6 Å². The highest BCUT2D eigenvalue weighted by Gasteiger charge is 1.89. The third kappa shape index (κ3) is 3.32. The normalized spacial score (nSPS) is 13.7. The molecule has 0 radical (unpaired) electrons. The molecule has 1 nitrogen and oxygen atoms in total. The first kappa shape index (κ1) is 7.72. The summed E-state index contributed by atoms with van der Waals surface area (Å²) < 4.78 is 0.805. The summed E-state index contributed by atoms with van der Waals surface area (Å²) in [6, 6.07) is 0. The van der Waals surface area contributed by atoms with Crippen LogP contribution in [0.15, 0.2) is 8.61 Å². The van der Waals surface area contributed by atoms with Crippen LogP contribution in [0, 0.1) is 0 Å². The minimum absolute atomic E-state index is 0.0515. The Kier molecular flexibility index (Phi) is 4.07. The Bertz CT molecular complexity index is 85.7. The van der Waals surface area contributed by atoms with E-state index in [1.54, 1.807) is 6.92 Å². The van der Waals surface area contributed by atoms with Gasteiger partial charge < -0.3 is 5.11 Å². The lowest BCUT2D eigenvalue weighted by molar-refractivity contribution is 0.341. The molecule has 0 amide bonds. The molecular weight excluding hydrogens is 226 g/mol. The lowest BCUT2D eigenvalue weighted by Crippen LogP contribution is -1.79. The molecule has 0 aromatic heterocycles. The van der Waals surface area contributed by atoms with Crippen molar-refractivity contribution in [2.45, 2.75) is 6.92 Å². The fraction of sp³-hybridized carbons (Fsp3) is 0.500. The van der Waals surface area contributed by atoms with Gasteiger partial charge in [0.15, 0.2) is 0 Å². The fourth-order valence-electron chi connectivity index (χ4n) is 0.109. The van der Waals surface area contributed by atoms with Crippen LogP contribution in [-0.4, -0.2) is 11.7 Å². The first-order chi connectivity index (χ1) is 3.18. The Balaban J connectivity index is 3.72. The van der Waals surface area contributed by atoms with E-state index >= 15 is 0 Å². The van der Waals surface area contributed by atoms with Gasteiger partial charge in [-0.25, -0.2) is 0 Å². The summed E-state index contributed by atoms with van der Waals surface area (Å²) in [6.07, 6.45) is 0. The number of aliphatic hydroxyl groups is 1. The Morgan fingerprint density at radius 2 is 2.29 bits per heavy atom. The minimum atomic E-state index is 0.0515. The quantitative estimate of drug-likeness (QED) is 0.685. The Hall–Kier alpha value is 0.720. The van der Waals surface area contributed by atoms with Gasteiger partial charge in [0.25, 0.3) is 0 Å². The molecule has 0 aromatic carbocycles.